The van der Waals surface area contributed by atoms with Crippen LogP contribution in [0.15, 0.2) is 35.7 Å². The fourth-order valence-electron chi connectivity index (χ4n) is 2.63. The predicted molar refractivity (Wildman–Crippen MR) is 99.2 cm³/mol. The molecule has 6 nitrogen and oxygen atoms in total. The number of carbonyl (C=O) groups excluding carboxylic acids is 2. The lowest BCUT2D eigenvalue weighted by molar-refractivity contribution is -0.122. The SMILES string of the molecule is CC(C)[C@H](NC(=O)Nc1ccc2c(c1)NC(=O)[C@H](C)O2)c1cccs1. The molecule has 1 aromatic carbocycles. The standard InChI is InChI=1S/C18H21N3O3S/c1-10(2)16(15-5-4-8-25-15)21-18(23)19-12-6-7-14-13(9-12)20-17(22)11(3)24-14/h4-11,16H,1-3H3,(H,20,22)(H2,19,21,23)/t11-,16-/m0/s1. The van der Waals surface area contributed by atoms with Crippen molar-refractivity contribution in [2.75, 3.05) is 10.6 Å². The Hall–Kier alpha value is -2.54. The van der Waals surface area contributed by atoms with Gasteiger partial charge in [-0.3, -0.25) is 4.79 Å². The molecule has 7 heteroatoms. The van der Waals surface area contributed by atoms with Crippen LogP contribution in [0.25, 0.3) is 0 Å². The number of carbonyl (C=O) groups is 2. The highest BCUT2D eigenvalue weighted by molar-refractivity contribution is 7.10. The van der Waals surface area contributed by atoms with E-state index in [0.29, 0.717) is 17.1 Å². The molecule has 0 unspecified atom stereocenters. The highest BCUT2D eigenvalue weighted by atomic mass is 32.1. The maximum atomic E-state index is 12.4. The van der Waals surface area contributed by atoms with Gasteiger partial charge in [0.2, 0.25) is 0 Å². The van der Waals surface area contributed by atoms with E-state index in [1.165, 1.54) is 0 Å². The van der Waals surface area contributed by atoms with Gasteiger partial charge in [0.05, 0.1) is 11.7 Å². The van der Waals surface area contributed by atoms with Gasteiger partial charge in [0, 0.05) is 10.6 Å². The molecule has 2 atom stereocenters. The molecule has 2 aromatic rings. The van der Waals surface area contributed by atoms with Crippen LogP contribution >= 0.6 is 11.3 Å². The summed E-state index contributed by atoms with van der Waals surface area (Å²) in [4.78, 5) is 25.2. The summed E-state index contributed by atoms with van der Waals surface area (Å²) in [7, 11) is 0. The summed E-state index contributed by atoms with van der Waals surface area (Å²) >= 11 is 1.62. The van der Waals surface area contributed by atoms with Crippen LogP contribution in [0.3, 0.4) is 0 Å². The minimum atomic E-state index is -0.521. The third kappa shape index (κ3) is 3.93. The van der Waals surface area contributed by atoms with E-state index < -0.39 is 6.10 Å². The van der Waals surface area contributed by atoms with Gasteiger partial charge >= 0.3 is 6.03 Å². The maximum absolute atomic E-state index is 12.4. The van der Waals surface area contributed by atoms with Gasteiger partial charge in [-0.05, 0) is 42.5 Å². The predicted octanol–water partition coefficient (Wildman–Crippen LogP) is 3.99. The van der Waals surface area contributed by atoms with Gasteiger partial charge < -0.3 is 20.7 Å². The van der Waals surface area contributed by atoms with Crippen LogP contribution < -0.4 is 20.7 Å². The van der Waals surface area contributed by atoms with Crippen molar-refractivity contribution in [3.8, 4) is 5.75 Å². The first-order chi connectivity index (χ1) is 11.9. The lowest BCUT2D eigenvalue weighted by atomic mass is 10.0. The van der Waals surface area contributed by atoms with Crippen molar-refractivity contribution >= 4 is 34.6 Å². The van der Waals surface area contributed by atoms with E-state index in [9.17, 15) is 9.59 Å². The van der Waals surface area contributed by atoms with Crippen molar-refractivity contribution in [2.24, 2.45) is 5.92 Å². The fourth-order valence-corrected chi connectivity index (χ4v) is 3.58. The molecule has 0 radical (unpaired) electrons. The van der Waals surface area contributed by atoms with E-state index in [1.54, 1.807) is 36.5 Å². The van der Waals surface area contributed by atoms with E-state index in [4.69, 9.17) is 4.74 Å². The lowest BCUT2D eigenvalue weighted by Gasteiger charge is -2.24. The Labute approximate surface area is 150 Å². The molecule has 1 aliphatic rings. The average molecular weight is 359 g/mol. The summed E-state index contributed by atoms with van der Waals surface area (Å²) in [5, 5.41) is 10.6. The molecular weight excluding hydrogens is 338 g/mol. The number of thiophene rings is 1. The molecule has 0 saturated carbocycles. The molecule has 3 rings (SSSR count). The third-order valence-electron chi connectivity index (χ3n) is 3.97. The summed E-state index contributed by atoms with van der Waals surface area (Å²) in [5.74, 6) is 0.658. The quantitative estimate of drug-likeness (QED) is 0.772. The van der Waals surface area contributed by atoms with Crippen LogP contribution in [0.1, 0.15) is 31.7 Å². The number of ether oxygens (including phenoxy) is 1. The second-order valence-corrected chi connectivity index (χ2v) is 7.28. The van der Waals surface area contributed by atoms with Crippen molar-refractivity contribution in [2.45, 2.75) is 32.9 Å². The molecule has 0 saturated heterocycles. The van der Waals surface area contributed by atoms with E-state index in [-0.39, 0.29) is 23.9 Å². The van der Waals surface area contributed by atoms with Crippen molar-refractivity contribution in [1.82, 2.24) is 5.32 Å². The van der Waals surface area contributed by atoms with Gasteiger partial charge in [0.15, 0.2) is 6.10 Å². The summed E-state index contributed by atoms with van der Waals surface area (Å²) in [5.41, 5.74) is 1.14. The fraction of sp³-hybridized carbons (Fsp3) is 0.333. The topological polar surface area (TPSA) is 79.5 Å². The number of fused-ring (bicyclic) bond motifs is 1. The van der Waals surface area contributed by atoms with E-state index in [2.05, 4.69) is 29.8 Å². The normalized spacial score (nSPS) is 17.3. The molecule has 1 aromatic heterocycles. The molecule has 3 amide bonds. The molecule has 0 aliphatic carbocycles. The third-order valence-corrected chi connectivity index (χ3v) is 4.93. The van der Waals surface area contributed by atoms with Gasteiger partial charge in [-0.15, -0.1) is 11.3 Å². The summed E-state index contributed by atoms with van der Waals surface area (Å²) < 4.78 is 5.51. The first kappa shape index (κ1) is 17.3. The molecule has 3 N–H and O–H groups in total. The minimum Gasteiger partial charge on any atom is -0.479 e. The monoisotopic (exact) mass is 359 g/mol. The van der Waals surface area contributed by atoms with E-state index >= 15 is 0 Å². The number of rotatable bonds is 4. The molecule has 0 spiro atoms. The Kier molecular flexibility index (Phi) is 4.94. The summed E-state index contributed by atoms with van der Waals surface area (Å²) in [6, 6.07) is 8.82. The van der Waals surface area contributed by atoms with Gasteiger partial charge in [-0.2, -0.15) is 0 Å². The smallest absolute Gasteiger partial charge is 0.319 e. The number of nitrogens with one attached hydrogen (secondary N) is 3. The number of benzene rings is 1. The van der Waals surface area contributed by atoms with Gasteiger partial charge in [0.1, 0.15) is 5.75 Å². The van der Waals surface area contributed by atoms with Crippen molar-refractivity contribution in [1.29, 1.82) is 0 Å². The molecule has 0 fully saturated rings. The highest BCUT2D eigenvalue weighted by Crippen LogP contribution is 2.32. The number of hydrogen-bond donors (Lipinski definition) is 3. The zero-order valence-corrected chi connectivity index (χ0v) is 15.1. The Morgan fingerprint density at radius 2 is 2.12 bits per heavy atom. The van der Waals surface area contributed by atoms with Crippen LogP contribution in [-0.4, -0.2) is 18.0 Å². The molecule has 25 heavy (non-hydrogen) atoms. The zero-order valence-electron chi connectivity index (χ0n) is 14.3. The molecular formula is C18H21N3O3S. The average Bonchev–Trinajstić information content (AvgIpc) is 3.08. The van der Waals surface area contributed by atoms with Gasteiger partial charge in [-0.25, -0.2) is 4.79 Å². The molecule has 0 bridgehead atoms. The Morgan fingerprint density at radius 3 is 2.80 bits per heavy atom. The van der Waals surface area contributed by atoms with Crippen molar-refractivity contribution in [3.63, 3.8) is 0 Å². The number of anilines is 2. The number of amides is 3. The van der Waals surface area contributed by atoms with Crippen LogP contribution in [-0.2, 0) is 4.79 Å². The van der Waals surface area contributed by atoms with Gasteiger partial charge in [-0.1, -0.05) is 19.9 Å². The summed E-state index contributed by atoms with van der Waals surface area (Å²) in [6.07, 6.45) is -0.521. The van der Waals surface area contributed by atoms with Gasteiger partial charge in [0.25, 0.3) is 5.91 Å². The Morgan fingerprint density at radius 1 is 1.32 bits per heavy atom. The lowest BCUT2D eigenvalue weighted by Crippen LogP contribution is -2.35. The first-order valence-electron chi connectivity index (χ1n) is 8.16. The van der Waals surface area contributed by atoms with Crippen molar-refractivity contribution in [3.05, 3.63) is 40.6 Å². The zero-order chi connectivity index (χ0) is 18.0. The van der Waals surface area contributed by atoms with Crippen LogP contribution in [0.5, 0.6) is 5.75 Å². The second kappa shape index (κ2) is 7.14. The number of hydrogen-bond acceptors (Lipinski definition) is 4. The van der Waals surface area contributed by atoms with E-state index in [0.717, 1.165) is 4.88 Å². The van der Waals surface area contributed by atoms with Crippen LogP contribution in [0.4, 0.5) is 16.2 Å². The minimum absolute atomic E-state index is 0.0542. The second-order valence-electron chi connectivity index (χ2n) is 6.30. The maximum Gasteiger partial charge on any atom is 0.319 e. The first-order valence-corrected chi connectivity index (χ1v) is 9.04. The Balaban J connectivity index is 1.69. The molecule has 132 valence electrons. The van der Waals surface area contributed by atoms with E-state index in [1.807, 2.05) is 17.5 Å². The number of urea groups is 1. The summed E-state index contributed by atoms with van der Waals surface area (Å²) in [6.45, 7) is 5.82. The Bertz CT molecular complexity index is 774. The van der Waals surface area contributed by atoms with Crippen LogP contribution in [0.2, 0.25) is 0 Å². The van der Waals surface area contributed by atoms with Crippen LogP contribution in [0, 0.1) is 5.92 Å². The largest absolute Gasteiger partial charge is 0.479 e. The molecule has 2 heterocycles. The highest BCUT2D eigenvalue weighted by Gasteiger charge is 2.24. The van der Waals surface area contributed by atoms with Crippen molar-refractivity contribution < 1.29 is 14.3 Å². The molecule has 1 aliphatic heterocycles.